The van der Waals surface area contributed by atoms with Crippen LogP contribution < -0.4 is 16.4 Å². The molecular formula is C46H49BN2. The molecular weight excluding hydrogens is 591 g/mol. The van der Waals surface area contributed by atoms with Crippen LogP contribution in [0.25, 0.3) is 55.0 Å². The van der Waals surface area contributed by atoms with E-state index in [2.05, 4.69) is 171 Å². The minimum atomic E-state index is 0.00997. The maximum atomic E-state index is 2.60. The Hall–Kier alpha value is -4.24. The molecule has 2 nitrogen and oxygen atoms in total. The molecule has 2 aromatic heterocycles. The van der Waals surface area contributed by atoms with Gasteiger partial charge in [-0.2, -0.15) is 0 Å². The van der Waals surface area contributed by atoms with Gasteiger partial charge in [0.25, 0.3) is 6.71 Å². The molecule has 2 aliphatic heterocycles. The van der Waals surface area contributed by atoms with E-state index in [-0.39, 0.29) is 28.4 Å². The summed E-state index contributed by atoms with van der Waals surface area (Å²) in [6, 6.07) is 31.7. The highest BCUT2D eigenvalue weighted by molar-refractivity contribution is 7.00. The Morgan fingerprint density at radius 1 is 0.408 bits per heavy atom. The fourth-order valence-electron chi connectivity index (χ4n) is 8.80. The molecule has 0 bridgehead atoms. The quantitative estimate of drug-likeness (QED) is 0.146. The van der Waals surface area contributed by atoms with E-state index < -0.39 is 0 Å². The van der Waals surface area contributed by atoms with Crippen molar-refractivity contribution in [2.24, 2.45) is 0 Å². The molecule has 9 rings (SSSR count). The van der Waals surface area contributed by atoms with Crippen LogP contribution in [-0.2, 0) is 21.7 Å². The fourth-order valence-corrected chi connectivity index (χ4v) is 8.80. The fraction of sp³-hybridized carbons (Fsp3) is 0.348. The van der Waals surface area contributed by atoms with Crippen molar-refractivity contribution < 1.29 is 0 Å². The van der Waals surface area contributed by atoms with Gasteiger partial charge in [-0.3, -0.25) is 0 Å². The van der Waals surface area contributed by atoms with Gasteiger partial charge in [-0.1, -0.05) is 113 Å². The zero-order chi connectivity index (χ0) is 34.7. The maximum absolute atomic E-state index is 2.60. The van der Waals surface area contributed by atoms with Crippen molar-refractivity contribution in [3.63, 3.8) is 0 Å². The van der Waals surface area contributed by atoms with Gasteiger partial charge in [0.2, 0.25) is 0 Å². The molecule has 0 unspecified atom stereocenters. The van der Waals surface area contributed by atoms with E-state index in [0.29, 0.717) is 0 Å². The standard InChI is InChI=1S/C46H49BN2/c1-43(2,3)26-16-18-36-30(20-26)32-22-28(45(7,8)9)24-34-41(32)48(36)38-14-13-15-39-40(38)47(34)35-25-29(46(10,11)12)23-33-31-21-27(44(4,5)6)17-19-37(31)49(39)42(33)35/h13-25H,1-12H3. The second-order valence-electron chi connectivity index (χ2n) is 19.2. The van der Waals surface area contributed by atoms with Crippen LogP contribution in [0.1, 0.15) is 105 Å². The zero-order valence-electron chi connectivity index (χ0n) is 31.5. The molecule has 0 atom stereocenters. The maximum Gasteiger partial charge on any atom is 0.252 e. The predicted molar refractivity (Wildman–Crippen MR) is 215 cm³/mol. The summed E-state index contributed by atoms with van der Waals surface area (Å²) in [5.74, 6) is 0. The largest absolute Gasteiger partial charge is 0.310 e. The number of aromatic nitrogens is 2. The molecule has 0 N–H and O–H groups in total. The van der Waals surface area contributed by atoms with Crippen LogP contribution in [0.2, 0.25) is 0 Å². The van der Waals surface area contributed by atoms with Gasteiger partial charge in [-0.25, -0.2) is 0 Å². The summed E-state index contributed by atoms with van der Waals surface area (Å²) >= 11 is 0. The van der Waals surface area contributed by atoms with Crippen LogP contribution in [0.4, 0.5) is 0 Å². The molecule has 0 saturated carbocycles. The van der Waals surface area contributed by atoms with E-state index in [1.807, 2.05) is 0 Å². The molecule has 4 heterocycles. The summed E-state index contributed by atoms with van der Waals surface area (Å²) in [4.78, 5) is 0. The Labute approximate surface area is 292 Å². The first-order chi connectivity index (χ1) is 22.8. The lowest BCUT2D eigenvalue weighted by molar-refractivity contribution is 0.590. The SMILES string of the molecule is CC(C)(C)c1ccc2c(c1)c1cc(C(C)(C)C)cc3c1n2-c1cccc2c1B3c1cc(C(C)(C)C)cc3c4cc(C(C)(C)C)ccc4n-2c13. The second-order valence-corrected chi connectivity index (χ2v) is 19.2. The summed E-state index contributed by atoms with van der Waals surface area (Å²) in [6.07, 6.45) is 0. The molecule has 3 heteroatoms. The highest BCUT2D eigenvalue weighted by Crippen LogP contribution is 2.43. The minimum absolute atomic E-state index is 0.00997. The van der Waals surface area contributed by atoms with Gasteiger partial charge >= 0.3 is 0 Å². The summed E-state index contributed by atoms with van der Waals surface area (Å²) in [5, 5.41) is 5.48. The second kappa shape index (κ2) is 9.30. The van der Waals surface area contributed by atoms with E-state index >= 15 is 0 Å². The Morgan fingerprint density at radius 2 is 0.776 bits per heavy atom. The number of benzene rings is 5. The summed E-state index contributed by atoms with van der Waals surface area (Å²) in [5.41, 5.74) is 18.0. The number of hydrogen-bond donors (Lipinski definition) is 0. The van der Waals surface area contributed by atoms with E-state index in [4.69, 9.17) is 0 Å². The smallest absolute Gasteiger partial charge is 0.252 e. The lowest BCUT2D eigenvalue weighted by atomic mass is 9.34. The van der Waals surface area contributed by atoms with Gasteiger partial charge in [-0.15, -0.1) is 0 Å². The lowest BCUT2D eigenvalue weighted by Crippen LogP contribution is -2.59. The molecule has 2 aliphatic rings. The minimum Gasteiger partial charge on any atom is -0.310 e. The van der Waals surface area contributed by atoms with Crippen molar-refractivity contribution in [2.75, 3.05) is 0 Å². The number of rotatable bonds is 0. The molecule has 0 spiro atoms. The summed E-state index contributed by atoms with van der Waals surface area (Å²) < 4.78 is 5.21. The Kier molecular flexibility index (Phi) is 5.85. The highest BCUT2D eigenvalue weighted by Gasteiger charge is 2.42. The van der Waals surface area contributed by atoms with Gasteiger partial charge in [0, 0.05) is 44.0 Å². The number of hydrogen-bond acceptors (Lipinski definition) is 0. The third-order valence-corrected chi connectivity index (χ3v) is 11.7. The molecule has 0 radical (unpaired) electrons. The van der Waals surface area contributed by atoms with Crippen LogP contribution in [0.5, 0.6) is 0 Å². The van der Waals surface area contributed by atoms with Crippen LogP contribution in [0, 0.1) is 0 Å². The third-order valence-electron chi connectivity index (χ3n) is 11.7. The summed E-state index contributed by atoms with van der Waals surface area (Å²) in [7, 11) is 0. The van der Waals surface area contributed by atoms with Crippen molar-refractivity contribution in [3.8, 4) is 11.4 Å². The lowest BCUT2D eigenvalue weighted by Gasteiger charge is -2.35. The molecule has 246 valence electrons. The van der Waals surface area contributed by atoms with Gasteiger partial charge in [-0.05, 0) is 109 Å². The third kappa shape index (κ3) is 4.14. The normalized spacial score (nSPS) is 14.5. The monoisotopic (exact) mass is 640 g/mol. The van der Waals surface area contributed by atoms with Crippen molar-refractivity contribution >= 4 is 66.7 Å². The van der Waals surface area contributed by atoms with Gasteiger partial charge in [0.15, 0.2) is 0 Å². The Morgan fingerprint density at radius 3 is 1.14 bits per heavy atom. The molecule has 0 aliphatic carbocycles. The first-order valence-corrected chi connectivity index (χ1v) is 18.2. The first kappa shape index (κ1) is 30.8. The van der Waals surface area contributed by atoms with Crippen LogP contribution in [0.15, 0.2) is 78.9 Å². The topological polar surface area (TPSA) is 9.86 Å². The van der Waals surface area contributed by atoms with E-state index in [1.54, 1.807) is 0 Å². The van der Waals surface area contributed by atoms with Crippen LogP contribution in [0.3, 0.4) is 0 Å². The highest BCUT2D eigenvalue weighted by atomic mass is 15.0. The van der Waals surface area contributed by atoms with Gasteiger partial charge in [0.1, 0.15) is 0 Å². The van der Waals surface area contributed by atoms with Gasteiger partial charge in [0.05, 0.1) is 11.0 Å². The number of fused-ring (bicyclic) bond motifs is 10. The zero-order valence-corrected chi connectivity index (χ0v) is 31.5. The Balaban J connectivity index is 1.50. The van der Waals surface area contributed by atoms with Crippen LogP contribution >= 0.6 is 0 Å². The van der Waals surface area contributed by atoms with E-state index in [1.165, 1.54) is 93.6 Å². The molecule has 0 amide bonds. The van der Waals surface area contributed by atoms with Crippen molar-refractivity contribution in [3.05, 3.63) is 101 Å². The predicted octanol–water partition coefficient (Wildman–Crippen LogP) is 10.2. The average molecular weight is 641 g/mol. The van der Waals surface area contributed by atoms with Crippen molar-refractivity contribution in [1.82, 2.24) is 9.13 Å². The van der Waals surface area contributed by atoms with Crippen molar-refractivity contribution in [2.45, 2.75) is 105 Å². The van der Waals surface area contributed by atoms with Crippen LogP contribution in [-0.4, -0.2) is 15.8 Å². The summed E-state index contributed by atoms with van der Waals surface area (Å²) in [6.45, 7) is 28.3. The number of nitrogens with zero attached hydrogens (tertiary/aromatic N) is 2. The van der Waals surface area contributed by atoms with E-state index in [0.717, 1.165) is 0 Å². The molecule has 7 aromatic rings. The average Bonchev–Trinajstić information content (AvgIpc) is 3.52. The Bertz CT molecular complexity index is 2400. The molecule has 0 fully saturated rings. The molecule has 0 saturated heterocycles. The molecule has 5 aromatic carbocycles. The van der Waals surface area contributed by atoms with Crippen molar-refractivity contribution in [1.29, 1.82) is 0 Å². The van der Waals surface area contributed by atoms with Gasteiger partial charge < -0.3 is 9.13 Å². The first-order valence-electron chi connectivity index (χ1n) is 18.2. The van der Waals surface area contributed by atoms with E-state index in [9.17, 15) is 0 Å². The molecule has 49 heavy (non-hydrogen) atoms.